The van der Waals surface area contributed by atoms with Gasteiger partial charge in [0.2, 0.25) is 11.1 Å². The van der Waals surface area contributed by atoms with Crippen LogP contribution in [0.5, 0.6) is 0 Å². The molecule has 0 aromatic carbocycles. The summed E-state index contributed by atoms with van der Waals surface area (Å²) in [5.74, 6) is 2.15. The Labute approximate surface area is 128 Å². The van der Waals surface area contributed by atoms with Gasteiger partial charge in [-0.1, -0.05) is 11.8 Å². The normalized spacial score (nSPS) is 14.2. The van der Waals surface area contributed by atoms with Gasteiger partial charge in [-0.05, 0) is 40.9 Å². The molecule has 2 aromatic rings. The Hall–Kier alpha value is -1.41. The first kappa shape index (κ1) is 13.6. The van der Waals surface area contributed by atoms with Crippen LogP contribution < -0.4 is 5.32 Å². The predicted octanol–water partition coefficient (Wildman–Crippen LogP) is 2.57. The number of anilines is 1. The van der Waals surface area contributed by atoms with Crippen molar-refractivity contribution in [3.05, 3.63) is 28.6 Å². The van der Waals surface area contributed by atoms with Crippen LogP contribution in [-0.4, -0.2) is 31.8 Å². The molecule has 1 amide bonds. The lowest BCUT2D eigenvalue weighted by molar-refractivity contribution is -0.113. The first-order chi connectivity index (χ1) is 9.70. The van der Waals surface area contributed by atoms with Gasteiger partial charge < -0.3 is 5.32 Å². The van der Waals surface area contributed by atoms with Crippen molar-refractivity contribution in [3.8, 4) is 0 Å². The van der Waals surface area contributed by atoms with Crippen LogP contribution >= 0.6 is 27.7 Å². The van der Waals surface area contributed by atoms with Crippen LogP contribution in [0.25, 0.3) is 0 Å². The van der Waals surface area contributed by atoms with E-state index in [1.807, 2.05) is 6.07 Å². The summed E-state index contributed by atoms with van der Waals surface area (Å²) in [6.07, 6.45) is 3.99. The summed E-state index contributed by atoms with van der Waals surface area (Å²) in [5, 5.41) is 10.3. The number of aromatic amines is 1. The molecule has 0 unspecified atom stereocenters. The van der Waals surface area contributed by atoms with Crippen LogP contribution in [-0.2, 0) is 4.79 Å². The number of hydrogen-bond acceptors (Lipinski definition) is 5. The summed E-state index contributed by atoms with van der Waals surface area (Å²) in [7, 11) is 0. The molecule has 1 aliphatic carbocycles. The van der Waals surface area contributed by atoms with E-state index >= 15 is 0 Å². The van der Waals surface area contributed by atoms with Gasteiger partial charge in [0, 0.05) is 16.6 Å². The van der Waals surface area contributed by atoms with Crippen molar-refractivity contribution in [3.63, 3.8) is 0 Å². The molecule has 1 aliphatic rings. The van der Waals surface area contributed by atoms with Gasteiger partial charge in [0.15, 0.2) is 0 Å². The fourth-order valence-corrected chi connectivity index (χ4v) is 2.46. The Morgan fingerprint density at radius 1 is 1.50 bits per heavy atom. The summed E-state index contributed by atoms with van der Waals surface area (Å²) in [6, 6.07) is 3.57. The highest BCUT2D eigenvalue weighted by Crippen LogP contribution is 2.38. The topological polar surface area (TPSA) is 83.6 Å². The maximum atomic E-state index is 11.8. The molecule has 8 heteroatoms. The molecule has 0 saturated heterocycles. The van der Waals surface area contributed by atoms with Gasteiger partial charge in [-0.25, -0.2) is 9.97 Å². The number of rotatable bonds is 5. The number of H-pyrrole nitrogens is 1. The molecule has 0 aliphatic heterocycles. The number of nitrogens with one attached hydrogen (secondary N) is 2. The summed E-state index contributed by atoms with van der Waals surface area (Å²) in [5.41, 5.74) is 0. The summed E-state index contributed by atoms with van der Waals surface area (Å²) < 4.78 is 0.873. The van der Waals surface area contributed by atoms with Crippen LogP contribution in [0.1, 0.15) is 24.6 Å². The fraction of sp³-hybridized carbons (Fsp3) is 0.333. The second kappa shape index (κ2) is 5.92. The second-order valence-corrected chi connectivity index (χ2v) is 6.33. The highest BCUT2D eigenvalue weighted by Gasteiger charge is 2.27. The standard InChI is InChI=1S/C12H12BrN5OS/c13-8-3-4-9(14-5-8)15-10(19)6-20-12-16-11(17-18-12)7-1-2-7/h3-5,7H,1-2,6H2,(H,14,15,19)(H,16,17,18). The number of carbonyl (C=O) groups is 1. The van der Waals surface area contributed by atoms with Crippen molar-refractivity contribution in [2.45, 2.75) is 23.9 Å². The molecular formula is C12H12BrN5OS. The quantitative estimate of drug-likeness (QED) is 0.807. The number of thioether (sulfide) groups is 1. The van der Waals surface area contributed by atoms with E-state index in [-0.39, 0.29) is 11.7 Å². The average molecular weight is 354 g/mol. The molecule has 2 heterocycles. The Kier molecular flexibility index (Phi) is 4.02. The maximum absolute atomic E-state index is 11.8. The zero-order valence-electron chi connectivity index (χ0n) is 10.5. The van der Waals surface area contributed by atoms with Crippen molar-refractivity contribution < 1.29 is 4.79 Å². The summed E-state index contributed by atoms with van der Waals surface area (Å²) in [6.45, 7) is 0. The molecule has 6 nitrogen and oxygen atoms in total. The molecule has 0 radical (unpaired) electrons. The molecule has 1 fully saturated rings. The lowest BCUT2D eigenvalue weighted by Crippen LogP contribution is -2.14. The predicted molar refractivity (Wildman–Crippen MR) is 79.6 cm³/mol. The van der Waals surface area contributed by atoms with Crippen molar-refractivity contribution in [1.82, 2.24) is 20.2 Å². The third-order valence-electron chi connectivity index (χ3n) is 2.77. The van der Waals surface area contributed by atoms with Crippen LogP contribution in [0.15, 0.2) is 28.0 Å². The van der Waals surface area contributed by atoms with E-state index in [0.717, 1.165) is 10.3 Å². The third-order valence-corrected chi connectivity index (χ3v) is 4.09. The Balaban J connectivity index is 1.49. The summed E-state index contributed by atoms with van der Waals surface area (Å²) in [4.78, 5) is 20.2. The largest absolute Gasteiger partial charge is 0.310 e. The van der Waals surface area contributed by atoms with Crippen molar-refractivity contribution in [2.75, 3.05) is 11.1 Å². The van der Waals surface area contributed by atoms with E-state index in [1.165, 1.54) is 24.6 Å². The molecule has 2 N–H and O–H groups in total. The monoisotopic (exact) mass is 353 g/mol. The fourth-order valence-electron chi connectivity index (χ4n) is 1.62. The third kappa shape index (κ3) is 3.57. The molecule has 20 heavy (non-hydrogen) atoms. The van der Waals surface area contributed by atoms with E-state index < -0.39 is 0 Å². The van der Waals surface area contributed by atoms with E-state index in [0.29, 0.717) is 16.9 Å². The lowest BCUT2D eigenvalue weighted by Gasteiger charge is -2.02. The lowest BCUT2D eigenvalue weighted by atomic mass is 10.4. The Morgan fingerprint density at radius 2 is 2.35 bits per heavy atom. The zero-order valence-corrected chi connectivity index (χ0v) is 12.9. The van der Waals surface area contributed by atoms with E-state index in [9.17, 15) is 4.79 Å². The van der Waals surface area contributed by atoms with Crippen LogP contribution in [0.3, 0.4) is 0 Å². The van der Waals surface area contributed by atoms with E-state index in [1.54, 1.807) is 12.3 Å². The first-order valence-electron chi connectivity index (χ1n) is 6.17. The SMILES string of the molecule is O=C(CSc1n[nH]c(C2CC2)n1)Nc1ccc(Br)cn1. The molecule has 1 saturated carbocycles. The van der Waals surface area contributed by atoms with Gasteiger partial charge in [0.25, 0.3) is 0 Å². The minimum Gasteiger partial charge on any atom is -0.310 e. The van der Waals surface area contributed by atoms with Gasteiger partial charge in [-0.15, -0.1) is 5.10 Å². The molecule has 0 spiro atoms. The number of nitrogens with zero attached hydrogens (tertiary/aromatic N) is 3. The minimum absolute atomic E-state index is 0.123. The number of aromatic nitrogens is 4. The van der Waals surface area contributed by atoms with Gasteiger partial charge >= 0.3 is 0 Å². The average Bonchev–Trinajstić information content (AvgIpc) is 3.18. The number of pyridine rings is 1. The smallest absolute Gasteiger partial charge is 0.236 e. The highest BCUT2D eigenvalue weighted by atomic mass is 79.9. The molecular weight excluding hydrogens is 342 g/mol. The van der Waals surface area contributed by atoms with Gasteiger partial charge in [-0.2, -0.15) is 0 Å². The van der Waals surface area contributed by atoms with Crippen LogP contribution in [0.2, 0.25) is 0 Å². The van der Waals surface area contributed by atoms with Crippen LogP contribution in [0, 0.1) is 0 Å². The Bertz CT molecular complexity index is 611. The van der Waals surface area contributed by atoms with E-state index in [4.69, 9.17) is 0 Å². The Morgan fingerprint density at radius 3 is 3.05 bits per heavy atom. The number of hydrogen-bond donors (Lipinski definition) is 2. The van der Waals surface area contributed by atoms with Crippen molar-refractivity contribution in [2.24, 2.45) is 0 Å². The zero-order chi connectivity index (χ0) is 13.9. The molecule has 0 atom stereocenters. The van der Waals surface area contributed by atoms with Crippen molar-refractivity contribution >= 4 is 39.4 Å². The second-order valence-electron chi connectivity index (χ2n) is 4.48. The number of carbonyl (C=O) groups excluding carboxylic acids is 1. The highest BCUT2D eigenvalue weighted by molar-refractivity contribution is 9.10. The van der Waals surface area contributed by atoms with Gasteiger partial charge in [-0.3, -0.25) is 9.89 Å². The molecule has 104 valence electrons. The number of amides is 1. The van der Waals surface area contributed by atoms with Gasteiger partial charge in [0.1, 0.15) is 11.6 Å². The molecule has 3 rings (SSSR count). The van der Waals surface area contributed by atoms with Gasteiger partial charge in [0.05, 0.1) is 5.75 Å². The molecule has 0 bridgehead atoms. The van der Waals surface area contributed by atoms with E-state index in [2.05, 4.69) is 41.4 Å². The molecule has 2 aromatic heterocycles. The maximum Gasteiger partial charge on any atom is 0.236 e. The summed E-state index contributed by atoms with van der Waals surface area (Å²) >= 11 is 4.61. The van der Waals surface area contributed by atoms with Crippen LogP contribution in [0.4, 0.5) is 5.82 Å². The first-order valence-corrected chi connectivity index (χ1v) is 7.95. The van der Waals surface area contributed by atoms with Crippen molar-refractivity contribution in [1.29, 1.82) is 0 Å². The number of halogens is 1. The minimum atomic E-state index is -0.123.